The van der Waals surface area contributed by atoms with Crippen LogP contribution in [0.2, 0.25) is 0 Å². The van der Waals surface area contributed by atoms with Crippen molar-refractivity contribution in [3.8, 4) is 0 Å². The first-order valence-corrected chi connectivity index (χ1v) is 7.61. The van der Waals surface area contributed by atoms with E-state index in [1.165, 1.54) is 30.9 Å². The summed E-state index contributed by atoms with van der Waals surface area (Å²) in [7, 11) is 0. The van der Waals surface area contributed by atoms with E-state index >= 15 is 0 Å². The van der Waals surface area contributed by atoms with Crippen LogP contribution in [0.4, 0.5) is 5.69 Å². The fourth-order valence-electron chi connectivity index (χ4n) is 2.81. The molecule has 0 spiro atoms. The zero-order chi connectivity index (χ0) is 13.5. The van der Waals surface area contributed by atoms with Crippen molar-refractivity contribution in [2.24, 2.45) is 0 Å². The van der Waals surface area contributed by atoms with Crippen molar-refractivity contribution in [3.63, 3.8) is 0 Å². The van der Waals surface area contributed by atoms with Gasteiger partial charge in [0, 0.05) is 51.5 Å². The van der Waals surface area contributed by atoms with Gasteiger partial charge in [0.05, 0.1) is 0 Å². The summed E-state index contributed by atoms with van der Waals surface area (Å²) < 4.78 is 0. The minimum Gasteiger partial charge on any atom is -0.372 e. The Labute approximate surface area is 117 Å². The predicted molar refractivity (Wildman–Crippen MR) is 83.0 cm³/mol. The molecule has 2 rings (SSSR count). The molecule has 1 N–H and O–H groups in total. The first-order valence-electron chi connectivity index (χ1n) is 7.61. The molecule has 0 aromatic heterocycles. The maximum Gasteiger partial charge on any atom is 0.0399 e. The van der Waals surface area contributed by atoms with Gasteiger partial charge in [-0.1, -0.05) is 18.2 Å². The van der Waals surface area contributed by atoms with Crippen LogP contribution in [-0.4, -0.2) is 50.7 Å². The second-order valence-electron chi connectivity index (χ2n) is 5.14. The van der Waals surface area contributed by atoms with E-state index in [9.17, 15) is 0 Å². The SMILES string of the molecule is CCN(CC)c1ccccc1CCN1CCNCC1. The van der Waals surface area contributed by atoms with Crippen molar-refractivity contribution >= 4 is 5.69 Å². The molecule has 0 saturated carbocycles. The number of nitrogens with zero attached hydrogens (tertiary/aromatic N) is 2. The molecular weight excluding hydrogens is 234 g/mol. The third-order valence-electron chi connectivity index (χ3n) is 4.00. The molecule has 1 aromatic carbocycles. The summed E-state index contributed by atoms with van der Waals surface area (Å²) in [5.74, 6) is 0. The Morgan fingerprint density at radius 2 is 1.79 bits per heavy atom. The highest BCUT2D eigenvalue weighted by atomic mass is 15.2. The van der Waals surface area contributed by atoms with Crippen molar-refractivity contribution in [1.82, 2.24) is 10.2 Å². The third kappa shape index (κ3) is 3.95. The number of benzene rings is 1. The van der Waals surface area contributed by atoms with E-state index in [-0.39, 0.29) is 0 Å². The van der Waals surface area contributed by atoms with E-state index in [4.69, 9.17) is 0 Å². The topological polar surface area (TPSA) is 18.5 Å². The molecule has 1 aliphatic rings. The lowest BCUT2D eigenvalue weighted by atomic mass is 10.1. The summed E-state index contributed by atoms with van der Waals surface area (Å²) in [6.07, 6.45) is 1.16. The average Bonchev–Trinajstić information content (AvgIpc) is 2.48. The van der Waals surface area contributed by atoms with E-state index in [1.807, 2.05) is 0 Å². The van der Waals surface area contributed by atoms with Crippen LogP contribution in [0.1, 0.15) is 19.4 Å². The Balaban J connectivity index is 1.98. The Morgan fingerprint density at radius 3 is 2.47 bits per heavy atom. The fraction of sp³-hybridized carbons (Fsp3) is 0.625. The second kappa shape index (κ2) is 7.51. The van der Waals surface area contributed by atoms with E-state index in [1.54, 1.807) is 0 Å². The maximum absolute atomic E-state index is 3.41. The highest BCUT2D eigenvalue weighted by Gasteiger charge is 2.12. The summed E-state index contributed by atoms with van der Waals surface area (Å²) in [6.45, 7) is 12.5. The molecule has 3 heteroatoms. The molecule has 19 heavy (non-hydrogen) atoms. The number of hydrogen-bond donors (Lipinski definition) is 1. The maximum atomic E-state index is 3.41. The lowest BCUT2D eigenvalue weighted by Gasteiger charge is -2.28. The van der Waals surface area contributed by atoms with Gasteiger partial charge in [0.2, 0.25) is 0 Å². The number of piperazine rings is 1. The van der Waals surface area contributed by atoms with Gasteiger partial charge in [-0.05, 0) is 31.9 Å². The molecule has 0 atom stereocenters. The van der Waals surface area contributed by atoms with Crippen molar-refractivity contribution in [2.75, 3.05) is 50.7 Å². The van der Waals surface area contributed by atoms with Gasteiger partial charge in [0.1, 0.15) is 0 Å². The van der Waals surface area contributed by atoms with E-state index in [0.29, 0.717) is 0 Å². The predicted octanol–water partition coefficient (Wildman–Crippen LogP) is 1.98. The summed E-state index contributed by atoms with van der Waals surface area (Å²) in [6, 6.07) is 8.87. The lowest BCUT2D eigenvalue weighted by Crippen LogP contribution is -2.44. The molecule has 1 aromatic rings. The molecule has 0 unspecified atom stereocenters. The van der Waals surface area contributed by atoms with E-state index in [2.05, 4.69) is 53.2 Å². The zero-order valence-corrected chi connectivity index (χ0v) is 12.4. The van der Waals surface area contributed by atoms with Gasteiger partial charge >= 0.3 is 0 Å². The van der Waals surface area contributed by atoms with Crippen molar-refractivity contribution in [2.45, 2.75) is 20.3 Å². The Morgan fingerprint density at radius 1 is 1.11 bits per heavy atom. The lowest BCUT2D eigenvalue weighted by molar-refractivity contribution is 0.244. The van der Waals surface area contributed by atoms with Crippen molar-refractivity contribution < 1.29 is 0 Å². The molecule has 106 valence electrons. The highest BCUT2D eigenvalue weighted by Crippen LogP contribution is 2.20. The Bertz CT molecular complexity index is 368. The summed E-state index contributed by atoms with van der Waals surface area (Å²) in [5, 5.41) is 3.41. The second-order valence-corrected chi connectivity index (χ2v) is 5.14. The van der Waals surface area contributed by atoms with Gasteiger partial charge in [-0.25, -0.2) is 0 Å². The van der Waals surface area contributed by atoms with Gasteiger partial charge in [-0.3, -0.25) is 0 Å². The average molecular weight is 261 g/mol. The van der Waals surface area contributed by atoms with Gasteiger partial charge in [0.15, 0.2) is 0 Å². The molecule has 1 aliphatic heterocycles. The zero-order valence-electron chi connectivity index (χ0n) is 12.4. The van der Waals surface area contributed by atoms with Gasteiger partial charge in [0.25, 0.3) is 0 Å². The highest BCUT2D eigenvalue weighted by molar-refractivity contribution is 5.53. The molecular formula is C16H27N3. The third-order valence-corrected chi connectivity index (χ3v) is 4.00. The number of rotatable bonds is 6. The standard InChI is InChI=1S/C16H27N3/c1-3-19(4-2)16-8-6-5-7-15(16)9-12-18-13-10-17-11-14-18/h5-8,17H,3-4,9-14H2,1-2H3. The number of hydrogen-bond acceptors (Lipinski definition) is 3. The Kier molecular flexibility index (Phi) is 5.67. The van der Waals surface area contributed by atoms with Gasteiger partial charge < -0.3 is 15.1 Å². The molecule has 1 heterocycles. The minimum absolute atomic E-state index is 1.08. The van der Waals surface area contributed by atoms with Crippen LogP contribution in [0.15, 0.2) is 24.3 Å². The molecule has 0 radical (unpaired) electrons. The van der Waals surface area contributed by atoms with E-state index < -0.39 is 0 Å². The van der Waals surface area contributed by atoms with Crippen LogP contribution in [0.5, 0.6) is 0 Å². The molecule has 1 saturated heterocycles. The first kappa shape index (κ1) is 14.4. The van der Waals surface area contributed by atoms with Crippen molar-refractivity contribution in [1.29, 1.82) is 0 Å². The molecule has 1 fully saturated rings. The Hall–Kier alpha value is -1.06. The van der Waals surface area contributed by atoms with Crippen LogP contribution in [0.3, 0.4) is 0 Å². The van der Waals surface area contributed by atoms with Crippen LogP contribution in [0.25, 0.3) is 0 Å². The quantitative estimate of drug-likeness (QED) is 0.845. The molecule has 0 amide bonds. The normalized spacial score (nSPS) is 16.5. The monoisotopic (exact) mass is 261 g/mol. The summed E-state index contributed by atoms with van der Waals surface area (Å²) in [4.78, 5) is 5.02. The molecule has 0 bridgehead atoms. The van der Waals surface area contributed by atoms with E-state index in [0.717, 1.165) is 32.6 Å². The summed E-state index contributed by atoms with van der Waals surface area (Å²) in [5.41, 5.74) is 2.91. The summed E-state index contributed by atoms with van der Waals surface area (Å²) >= 11 is 0. The van der Waals surface area contributed by atoms with Crippen LogP contribution < -0.4 is 10.2 Å². The molecule has 0 aliphatic carbocycles. The number of nitrogens with one attached hydrogen (secondary N) is 1. The smallest absolute Gasteiger partial charge is 0.0399 e. The largest absolute Gasteiger partial charge is 0.372 e. The number of para-hydroxylation sites is 1. The van der Waals surface area contributed by atoms with Crippen LogP contribution >= 0.6 is 0 Å². The minimum atomic E-state index is 1.08. The van der Waals surface area contributed by atoms with Gasteiger partial charge in [-0.2, -0.15) is 0 Å². The number of anilines is 1. The van der Waals surface area contributed by atoms with Crippen molar-refractivity contribution in [3.05, 3.63) is 29.8 Å². The fourth-order valence-corrected chi connectivity index (χ4v) is 2.81. The molecule has 3 nitrogen and oxygen atoms in total. The van der Waals surface area contributed by atoms with Gasteiger partial charge in [-0.15, -0.1) is 0 Å². The first-order chi connectivity index (χ1) is 9.35. The van der Waals surface area contributed by atoms with Crippen LogP contribution in [-0.2, 0) is 6.42 Å². The van der Waals surface area contributed by atoms with Crippen LogP contribution in [0, 0.1) is 0 Å².